The van der Waals surface area contributed by atoms with E-state index < -0.39 is 0 Å². The van der Waals surface area contributed by atoms with Crippen LogP contribution < -0.4 is 4.74 Å². The molecule has 30 heavy (non-hydrogen) atoms. The monoisotopic (exact) mass is 404 g/mol. The van der Waals surface area contributed by atoms with E-state index in [0.717, 1.165) is 23.2 Å². The number of amides is 1. The Morgan fingerprint density at radius 1 is 1.13 bits per heavy atom. The van der Waals surface area contributed by atoms with Crippen molar-refractivity contribution in [2.45, 2.75) is 26.3 Å². The lowest BCUT2D eigenvalue weighted by molar-refractivity contribution is -0.133. The number of halogens is 1. The first-order valence-electron chi connectivity index (χ1n) is 10.1. The van der Waals surface area contributed by atoms with E-state index in [9.17, 15) is 9.18 Å². The SMILES string of the molecule is C[C@@H]1C[C@H]1C(=O)N1CCc2nc(-c3ccncc3)nc(Oc3ccc(F)cc3)c2C1. The van der Waals surface area contributed by atoms with Gasteiger partial charge in [-0.05, 0) is 48.7 Å². The van der Waals surface area contributed by atoms with Crippen LogP contribution in [0.4, 0.5) is 4.39 Å². The number of nitrogens with zero attached hydrogens (tertiary/aromatic N) is 4. The maximum atomic E-state index is 13.3. The summed E-state index contributed by atoms with van der Waals surface area (Å²) in [4.78, 5) is 28.1. The highest BCUT2D eigenvalue weighted by Gasteiger charge is 2.42. The van der Waals surface area contributed by atoms with Gasteiger partial charge in [-0.15, -0.1) is 0 Å². The Labute approximate surface area is 173 Å². The van der Waals surface area contributed by atoms with Crippen LogP contribution in [0.5, 0.6) is 11.6 Å². The van der Waals surface area contributed by atoms with Gasteiger partial charge in [0.15, 0.2) is 5.82 Å². The highest BCUT2D eigenvalue weighted by Crippen LogP contribution is 2.40. The van der Waals surface area contributed by atoms with E-state index in [4.69, 9.17) is 9.72 Å². The van der Waals surface area contributed by atoms with E-state index in [1.807, 2.05) is 17.0 Å². The molecule has 1 amide bonds. The van der Waals surface area contributed by atoms with Crippen molar-refractivity contribution >= 4 is 5.91 Å². The van der Waals surface area contributed by atoms with Crippen LogP contribution in [-0.2, 0) is 17.8 Å². The summed E-state index contributed by atoms with van der Waals surface area (Å²) in [5.74, 6) is 1.88. The number of fused-ring (bicyclic) bond motifs is 1. The Morgan fingerprint density at radius 2 is 1.87 bits per heavy atom. The van der Waals surface area contributed by atoms with Gasteiger partial charge in [0.1, 0.15) is 11.6 Å². The zero-order chi connectivity index (χ0) is 20.7. The summed E-state index contributed by atoms with van der Waals surface area (Å²) >= 11 is 0. The molecule has 0 saturated heterocycles. The average molecular weight is 404 g/mol. The van der Waals surface area contributed by atoms with E-state index in [1.54, 1.807) is 24.5 Å². The second-order valence-electron chi connectivity index (χ2n) is 7.90. The van der Waals surface area contributed by atoms with Crippen LogP contribution in [0.25, 0.3) is 11.4 Å². The van der Waals surface area contributed by atoms with Crippen LogP contribution in [0, 0.1) is 17.7 Å². The minimum Gasteiger partial charge on any atom is -0.439 e. The first-order chi connectivity index (χ1) is 14.6. The zero-order valence-corrected chi connectivity index (χ0v) is 16.6. The molecule has 0 bridgehead atoms. The predicted octanol–water partition coefficient (Wildman–Crippen LogP) is 4.01. The molecule has 1 aromatic carbocycles. The summed E-state index contributed by atoms with van der Waals surface area (Å²) in [5, 5.41) is 0. The smallest absolute Gasteiger partial charge is 0.228 e. The third kappa shape index (κ3) is 3.63. The average Bonchev–Trinajstić information content (AvgIpc) is 3.51. The fourth-order valence-electron chi connectivity index (χ4n) is 3.80. The molecule has 5 rings (SSSR count). The second-order valence-corrected chi connectivity index (χ2v) is 7.90. The number of carbonyl (C=O) groups excluding carboxylic acids is 1. The second kappa shape index (κ2) is 7.48. The number of carbonyl (C=O) groups is 1. The Hall–Kier alpha value is -3.35. The van der Waals surface area contributed by atoms with Gasteiger partial charge >= 0.3 is 0 Å². The summed E-state index contributed by atoms with van der Waals surface area (Å²) in [6.07, 6.45) is 4.98. The normalized spacial score (nSPS) is 19.9. The van der Waals surface area contributed by atoms with Crippen molar-refractivity contribution in [1.82, 2.24) is 19.9 Å². The van der Waals surface area contributed by atoms with Crippen molar-refractivity contribution in [3.05, 3.63) is 65.9 Å². The molecular formula is C23H21FN4O2. The molecule has 1 aliphatic heterocycles. The molecule has 1 saturated carbocycles. The number of pyridine rings is 1. The van der Waals surface area contributed by atoms with Crippen molar-refractivity contribution in [3.8, 4) is 23.0 Å². The molecule has 3 aromatic rings. The molecule has 1 aliphatic carbocycles. The summed E-state index contributed by atoms with van der Waals surface area (Å²) in [6.45, 7) is 3.16. The molecule has 0 spiro atoms. The van der Waals surface area contributed by atoms with Crippen molar-refractivity contribution in [3.63, 3.8) is 0 Å². The number of rotatable bonds is 4. The maximum absolute atomic E-state index is 13.3. The number of hydrogen-bond donors (Lipinski definition) is 0. The van der Waals surface area contributed by atoms with Gasteiger partial charge in [-0.2, -0.15) is 4.98 Å². The van der Waals surface area contributed by atoms with Crippen LogP contribution in [-0.4, -0.2) is 32.3 Å². The Balaban J connectivity index is 1.52. The Bertz CT molecular complexity index is 1090. The van der Waals surface area contributed by atoms with Crippen LogP contribution in [0.15, 0.2) is 48.8 Å². The molecule has 3 heterocycles. The van der Waals surface area contributed by atoms with Crippen LogP contribution in [0.2, 0.25) is 0 Å². The standard InChI is InChI=1S/C23H21FN4O2/c1-14-12-18(14)23(29)28-11-8-20-19(13-28)22(30-17-4-2-16(24)3-5-17)27-21(26-20)15-6-9-25-10-7-15/h2-7,9-10,14,18H,8,11-13H2,1H3/t14-,18-/m1/s1. The number of ether oxygens (including phenoxy) is 1. The number of hydrogen-bond acceptors (Lipinski definition) is 5. The van der Waals surface area contributed by atoms with Crippen molar-refractivity contribution < 1.29 is 13.9 Å². The molecule has 0 unspecified atom stereocenters. The molecule has 6 nitrogen and oxygen atoms in total. The van der Waals surface area contributed by atoms with Gasteiger partial charge in [0, 0.05) is 36.8 Å². The first-order valence-corrected chi connectivity index (χ1v) is 10.1. The van der Waals surface area contributed by atoms with Gasteiger partial charge < -0.3 is 9.64 Å². The van der Waals surface area contributed by atoms with Crippen LogP contribution in [0.3, 0.4) is 0 Å². The zero-order valence-electron chi connectivity index (χ0n) is 16.6. The molecule has 2 atom stereocenters. The Morgan fingerprint density at radius 3 is 2.57 bits per heavy atom. The topological polar surface area (TPSA) is 68.2 Å². The van der Waals surface area contributed by atoms with E-state index in [1.165, 1.54) is 12.1 Å². The molecule has 2 aromatic heterocycles. The van der Waals surface area contributed by atoms with Gasteiger partial charge in [0.25, 0.3) is 0 Å². The summed E-state index contributed by atoms with van der Waals surface area (Å²) in [5.41, 5.74) is 2.52. The number of benzene rings is 1. The van der Waals surface area contributed by atoms with Gasteiger partial charge in [-0.3, -0.25) is 9.78 Å². The molecular weight excluding hydrogens is 383 g/mol. The lowest BCUT2D eigenvalue weighted by Crippen LogP contribution is -2.38. The summed E-state index contributed by atoms with van der Waals surface area (Å²) < 4.78 is 19.4. The fraction of sp³-hybridized carbons (Fsp3) is 0.304. The van der Waals surface area contributed by atoms with E-state index in [2.05, 4.69) is 16.9 Å². The maximum Gasteiger partial charge on any atom is 0.228 e. The molecule has 0 N–H and O–H groups in total. The van der Waals surface area contributed by atoms with E-state index >= 15 is 0 Å². The van der Waals surface area contributed by atoms with Gasteiger partial charge in [-0.1, -0.05) is 6.92 Å². The molecule has 1 fully saturated rings. The molecule has 0 radical (unpaired) electrons. The third-order valence-electron chi connectivity index (χ3n) is 5.73. The molecule has 7 heteroatoms. The Kier molecular flexibility index (Phi) is 4.65. The van der Waals surface area contributed by atoms with E-state index in [0.29, 0.717) is 42.9 Å². The van der Waals surface area contributed by atoms with Crippen molar-refractivity contribution in [2.75, 3.05) is 6.54 Å². The third-order valence-corrected chi connectivity index (χ3v) is 5.73. The van der Waals surface area contributed by atoms with Crippen molar-refractivity contribution in [1.29, 1.82) is 0 Å². The van der Waals surface area contributed by atoms with Crippen molar-refractivity contribution in [2.24, 2.45) is 11.8 Å². The van der Waals surface area contributed by atoms with Crippen LogP contribution in [0.1, 0.15) is 24.6 Å². The van der Waals surface area contributed by atoms with E-state index in [-0.39, 0.29) is 17.6 Å². The fourth-order valence-corrected chi connectivity index (χ4v) is 3.80. The summed E-state index contributed by atoms with van der Waals surface area (Å²) in [7, 11) is 0. The quantitative estimate of drug-likeness (QED) is 0.657. The highest BCUT2D eigenvalue weighted by molar-refractivity contribution is 5.82. The predicted molar refractivity (Wildman–Crippen MR) is 108 cm³/mol. The molecule has 152 valence electrons. The van der Waals surface area contributed by atoms with Gasteiger partial charge in [-0.25, -0.2) is 9.37 Å². The lowest BCUT2D eigenvalue weighted by atomic mass is 10.0. The number of aromatic nitrogens is 3. The summed E-state index contributed by atoms with van der Waals surface area (Å²) in [6, 6.07) is 9.50. The lowest BCUT2D eigenvalue weighted by Gasteiger charge is -2.29. The minimum absolute atomic E-state index is 0.130. The molecule has 2 aliphatic rings. The van der Waals surface area contributed by atoms with Gasteiger partial charge in [0.05, 0.1) is 17.8 Å². The van der Waals surface area contributed by atoms with Crippen LogP contribution >= 0.6 is 0 Å². The van der Waals surface area contributed by atoms with Gasteiger partial charge in [0.2, 0.25) is 11.8 Å². The highest BCUT2D eigenvalue weighted by atomic mass is 19.1. The minimum atomic E-state index is -0.333. The first kappa shape index (κ1) is 18.7. The largest absolute Gasteiger partial charge is 0.439 e.